The minimum absolute atomic E-state index is 0.00138. The summed E-state index contributed by atoms with van der Waals surface area (Å²) in [5.74, 6) is -2.05. The number of carbonyl (C=O) groups excluding carboxylic acids is 1. The lowest BCUT2D eigenvalue weighted by Crippen LogP contribution is -2.58. The Bertz CT molecular complexity index is 1760. The van der Waals surface area contributed by atoms with Gasteiger partial charge in [-0.25, -0.2) is 0 Å². The summed E-state index contributed by atoms with van der Waals surface area (Å²) in [6.45, 7) is 16.7. The van der Waals surface area contributed by atoms with E-state index in [0.29, 0.717) is 61.5 Å². The number of aliphatic hydroxyl groups excluding tert-OH is 2. The number of allylic oxidation sites excluding steroid dienone is 2. The highest BCUT2D eigenvalue weighted by atomic mass is 16.7. The van der Waals surface area contributed by atoms with Crippen molar-refractivity contribution in [2.45, 2.75) is 204 Å². The first-order valence-electron chi connectivity index (χ1n) is 24.8. The van der Waals surface area contributed by atoms with Crippen LogP contribution in [0.4, 0.5) is 0 Å². The van der Waals surface area contributed by atoms with Gasteiger partial charge < -0.3 is 72.2 Å². The van der Waals surface area contributed by atoms with Crippen LogP contribution in [0.3, 0.4) is 0 Å². The number of fused-ring (bicyclic) bond motifs is 2. The van der Waals surface area contributed by atoms with Crippen molar-refractivity contribution in [3.05, 3.63) is 47.1 Å². The Labute approximate surface area is 397 Å². The molecule has 0 saturated carbocycles. The highest BCUT2D eigenvalue weighted by Gasteiger charge is 2.60. The molecule has 0 amide bonds. The molecule has 0 unspecified atom stereocenters. The molecule has 1 aliphatic carbocycles. The Morgan fingerprint density at radius 2 is 1.66 bits per heavy atom. The molecule has 6 heterocycles. The summed E-state index contributed by atoms with van der Waals surface area (Å²) in [5, 5.41) is 34.1. The number of methoxy groups -OCH3 is 2. The van der Waals surface area contributed by atoms with Gasteiger partial charge in [0.1, 0.15) is 48.8 Å². The standard InChI is InChI=1S/C51H80O16/c1-11-28(2)46-31(5)17-18-50(67-46)25-37-22-36(66-50)16-15-30(4)45(29(3)13-12-14-35-26-60-48-43(52)32(6)21-38(49(54)64-37)51(35,48)55)61-27-58-19-20-59-41-24-40(57-10)47(34(8)63-41)65-42-23-39(56-9)44(53)33(7)62-42/h12-15,21,28-29,31,33-34,36-48,52-53,55H,11,16-20,22-27H2,1-10H3/b13-12+,30-15+,35-14+/t28-,29-,31-,33-,34-,36+,37-,38-,39-,40-,41-,42-,43+,44-,45-,46+,47-,48+,50+,51+/m0/s1. The molecule has 5 fully saturated rings. The predicted octanol–water partition coefficient (Wildman–Crippen LogP) is 5.59. The lowest BCUT2D eigenvalue weighted by atomic mass is 9.71. The third-order valence-corrected chi connectivity index (χ3v) is 15.5. The Kier molecular flexibility index (Phi) is 18.1. The average Bonchev–Trinajstić information content (AvgIpc) is 3.64. The molecule has 0 radical (unpaired) electrons. The predicted molar refractivity (Wildman–Crippen MR) is 244 cm³/mol. The third kappa shape index (κ3) is 11.8. The van der Waals surface area contributed by atoms with E-state index in [2.05, 4.69) is 33.8 Å². The van der Waals surface area contributed by atoms with Crippen LogP contribution < -0.4 is 0 Å². The quantitative estimate of drug-likeness (QED) is 0.0896. The number of hydrogen-bond donors (Lipinski definition) is 3. The van der Waals surface area contributed by atoms with E-state index in [-0.39, 0.29) is 63.1 Å². The summed E-state index contributed by atoms with van der Waals surface area (Å²) in [6.07, 6.45) is 7.00. The molecule has 67 heavy (non-hydrogen) atoms. The van der Waals surface area contributed by atoms with Crippen molar-refractivity contribution in [3.8, 4) is 0 Å². The van der Waals surface area contributed by atoms with Crippen molar-refractivity contribution in [1.82, 2.24) is 0 Å². The van der Waals surface area contributed by atoms with Gasteiger partial charge in [-0.1, -0.05) is 64.5 Å². The van der Waals surface area contributed by atoms with E-state index in [1.807, 2.05) is 26.0 Å². The Hall–Kier alpha value is -2.13. The van der Waals surface area contributed by atoms with Crippen LogP contribution >= 0.6 is 0 Å². The summed E-state index contributed by atoms with van der Waals surface area (Å²) in [6, 6.07) is 0. The molecular weight excluding hydrogens is 869 g/mol. The van der Waals surface area contributed by atoms with Gasteiger partial charge in [-0.05, 0) is 69.1 Å². The molecule has 5 saturated heterocycles. The molecule has 6 aliphatic heterocycles. The summed E-state index contributed by atoms with van der Waals surface area (Å²) in [4.78, 5) is 14.3. The number of hydrogen-bond acceptors (Lipinski definition) is 16. The lowest BCUT2D eigenvalue weighted by Gasteiger charge is -2.51. The Balaban J connectivity index is 1.02. The summed E-state index contributed by atoms with van der Waals surface area (Å²) >= 11 is 0. The van der Waals surface area contributed by atoms with Crippen LogP contribution in [0.2, 0.25) is 0 Å². The fourth-order valence-electron chi connectivity index (χ4n) is 11.3. The molecular formula is C51H80O16. The first kappa shape index (κ1) is 52.7. The number of esters is 1. The number of rotatable bonds is 13. The van der Waals surface area contributed by atoms with Crippen LogP contribution in [0.1, 0.15) is 107 Å². The lowest BCUT2D eigenvalue weighted by molar-refractivity contribution is -0.340. The minimum Gasteiger partial charge on any atom is -0.462 e. The zero-order chi connectivity index (χ0) is 48.2. The van der Waals surface area contributed by atoms with Crippen molar-refractivity contribution in [1.29, 1.82) is 0 Å². The van der Waals surface area contributed by atoms with Crippen molar-refractivity contribution < 1.29 is 77.0 Å². The van der Waals surface area contributed by atoms with Gasteiger partial charge in [-0.3, -0.25) is 4.79 Å². The topological polar surface area (TPSA) is 189 Å². The van der Waals surface area contributed by atoms with Gasteiger partial charge in [0.25, 0.3) is 0 Å². The van der Waals surface area contributed by atoms with Crippen molar-refractivity contribution in [3.63, 3.8) is 0 Å². The monoisotopic (exact) mass is 949 g/mol. The molecule has 16 nitrogen and oxygen atoms in total. The van der Waals surface area contributed by atoms with Crippen LogP contribution in [-0.2, 0) is 61.6 Å². The maximum Gasteiger partial charge on any atom is 0.316 e. The molecule has 0 aromatic heterocycles. The Morgan fingerprint density at radius 1 is 0.910 bits per heavy atom. The molecule has 380 valence electrons. The van der Waals surface area contributed by atoms with Gasteiger partial charge in [0.2, 0.25) is 0 Å². The molecule has 0 aromatic carbocycles. The number of carbonyl (C=O) groups is 1. The smallest absolute Gasteiger partial charge is 0.316 e. The average molecular weight is 949 g/mol. The zero-order valence-corrected chi connectivity index (χ0v) is 41.4. The number of ether oxygens (including phenoxy) is 12. The largest absolute Gasteiger partial charge is 0.462 e. The molecule has 7 aliphatic rings. The van der Waals surface area contributed by atoms with Gasteiger partial charge >= 0.3 is 5.97 Å². The molecule has 16 heteroatoms. The first-order chi connectivity index (χ1) is 32.0. The normalized spacial score (nSPS) is 46.6. The van der Waals surface area contributed by atoms with E-state index in [0.717, 1.165) is 18.4 Å². The van der Waals surface area contributed by atoms with Gasteiger partial charge in [-0.15, -0.1) is 0 Å². The maximum atomic E-state index is 14.3. The van der Waals surface area contributed by atoms with E-state index >= 15 is 0 Å². The van der Waals surface area contributed by atoms with Crippen molar-refractivity contribution in [2.75, 3.05) is 40.8 Å². The molecule has 2 bridgehead atoms. The summed E-state index contributed by atoms with van der Waals surface area (Å²) < 4.78 is 74.7. The van der Waals surface area contributed by atoms with Gasteiger partial charge in [0, 0.05) is 52.2 Å². The van der Waals surface area contributed by atoms with Crippen molar-refractivity contribution >= 4 is 5.97 Å². The van der Waals surface area contributed by atoms with E-state index in [1.165, 1.54) is 0 Å². The summed E-state index contributed by atoms with van der Waals surface area (Å²) in [5.41, 5.74) is 0.204. The molecule has 0 aromatic rings. The van der Waals surface area contributed by atoms with E-state index in [9.17, 15) is 20.1 Å². The fourth-order valence-corrected chi connectivity index (χ4v) is 11.3. The molecule has 7 rings (SSSR count). The highest BCUT2D eigenvalue weighted by molar-refractivity contribution is 5.78. The van der Waals surface area contributed by atoms with Crippen molar-refractivity contribution in [2.24, 2.45) is 23.7 Å². The molecule has 20 atom stereocenters. The Morgan fingerprint density at radius 3 is 2.40 bits per heavy atom. The van der Waals surface area contributed by atoms with E-state index in [1.54, 1.807) is 40.2 Å². The van der Waals surface area contributed by atoms with Crippen LogP contribution in [0.25, 0.3) is 0 Å². The van der Waals surface area contributed by atoms with Gasteiger partial charge in [-0.2, -0.15) is 0 Å². The molecule has 3 N–H and O–H groups in total. The third-order valence-electron chi connectivity index (χ3n) is 15.5. The second-order valence-electron chi connectivity index (χ2n) is 20.3. The number of aliphatic hydroxyl groups is 3. The van der Waals surface area contributed by atoms with Gasteiger partial charge in [0.05, 0.1) is 62.5 Å². The van der Waals surface area contributed by atoms with Crippen LogP contribution in [0.15, 0.2) is 47.1 Å². The van der Waals surface area contributed by atoms with E-state index in [4.69, 9.17) is 56.8 Å². The fraction of sp³-hybridized carbons (Fsp3) is 0.824. The van der Waals surface area contributed by atoms with Crippen LogP contribution in [-0.4, -0.2) is 159 Å². The SMILES string of the molecule is CC[C@H](C)[C@H]1O[C@]2(CC[C@@H]1C)C[C@@H]1C[C@@H](C/C=C(\C)[C@@H](OCOCCO[C@@H]3C[C@H](OC)[C@@H](O[C@H]4C[C@H](OC)[C@@H](O)[C@H](C)O4)[C@H](C)O3)[C@@H](C)/C=C/C=C3\CO[C@@H]4[C@H](O)C(C)=C[C@@H](C(=O)O1)[C@]34O)O2. The minimum atomic E-state index is -1.81. The summed E-state index contributed by atoms with van der Waals surface area (Å²) in [7, 11) is 3.21. The second-order valence-corrected chi connectivity index (χ2v) is 20.3. The molecule has 1 spiro atoms. The second kappa shape index (κ2) is 23.0. The zero-order valence-electron chi connectivity index (χ0n) is 41.4. The maximum absolute atomic E-state index is 14.3. The highest BCUT2D eigenvalue weighted by Crippen LogP contribution is 2.48. The van der Waals surface area contributed by atoms with Crippen LogP contribution in [0, 0.1) is 23.7 Å². The first-order valence-corrected chi connectivity index (χ1v) is 24.8. The van der Waals surface area contributed by atoms with E-state index < -0.39 is 78.6 Å². The van der Waals surface area contributed by atoms with Gasteiger partial charge in [0.15, 0.2) is 18.4 Å². The van der Waals surface area contributed by atoms with Crippen LogP contribution in [0.5, 0.6) is 0 Å².